The van der Waals surface area contributed by atoms with Crippen molar-refractivity contribution >= 4 is 5.91 Å². The Balaban J connectivity index is 1.76. The molecule has 1 aliphatic carbocycles. The number of carbonyl (C=O) groups is 1. The molecule has 0 atom stereocenters. The Kier molecular flexibility index (Phi) is 5.00. The van der Waals surface area contributed by atoms with E-state index in [-0.39, 0.29) is 5.91 Å². The number of amides is 1. The third-order valence-electron chi connectivity index (χ3n) is 4.01. The van der Waals surface area contributed by atoms with Gasteiger partial charge in [-0.1, -0.05) is 51.0 Å². The highest BCUT2D eigenvalue weighted by molar-refractivity contribution is 5.76. The smallest absolute Gasteiger partial charge is 0.220 e. The summed E-state index contributed by atoms with van der Waals surface area (Å²) in [6, 6.07) is 9.09. The number of benzene rings is 1. The normalized spacial score (nSPS) is 15.9. The van der Waals surface area contributed by atoms with Crippen LogP contribution in [0, 0.1) is 0 Å². The summed E-state index contributed by atoms with van der Waals surface area (Å²) in [5.41, 5.74) is 2.62. The van der Waals surface area contributed by atoms with Crippen LogP contribution in [0.15, 0.2) is 24.3 Å². The second kappa shape index (κ2) is 6.74. The Bertz CT molecular complexity index is 402. The van der Waals surface area contributed by atoms with Crippen LogP contribution >= 0.6 is 0 Å². The van der Waals surface area contributed by atoms with E-state index < -0.39 is 0 Å². The molecule has 0 aromatic heterocycles. The maximum Gasteiger partial charge on any atom is 0.220 e. The molecule has 0 bridgehead atoms. The molecule has 0 unspecified atom stereocenters. The van der Waals surface area contributed by atoms with Crippen LogP contribution < -0.4 is 5.32 Å². The molecular formula is C17H25NO. The van der Waals surface area contributed by atoms with Crippen LogP contribution in [0.25, 0.3) is 0 Å². The minimum absolute atomic E-state index is 0.208. The first-order chi connectivity index (χ1) is 9.15. The largest absolute Gasteiger partial charge is 0.353 e. The second-order valence-electron chi connectivity index (χ2n) is 5.95. The molecule has 2 rings (SSSR count). The number of aryl methyl sites for hydroxylation is 1. The predicted octanol–water partition coefficient (Wildman–Crippen LogP) is 3.80. The summed E-state index contributed by atoms with van der Waals surface area (Å²) in [4.78, 5) is 11.8. The lowest BCUT2D eigenvalue weighted by molar-refractivity contribution is -0.121. The Morgan fingerprint density at radius 1 is 1.21 bits per heavy atom. The quantitative estimate of drug-likeness (QED) is 0.856. The van der Waals surface area contributed by atoms with Crippen molar-refractivity contribution in [1.82, 2.24) is 5.32 Å². The van der Waals surface area contributed by atoms with E-state index in [2.05, 4.69) is 43.4 Å². The molecule has 2 heteroatoms. The summed E-state index contributed by atoms with van der Waals surface area (Å²) in [6.07, 6.45) is 6.31. The van der Waals surface area contributed by atoms with Gasteiger partial charge < -0.3 is 5.32 Å². The lowest BCUT2D eigenvalue weighted by Crippen LogP contribution is -2.32. The monoisotopic (exact) mass is 259 g/mol. The highest BCUT2D eigenvalue weighted by Gasteiger charge is 2.16. The molecule has 1 amide bonds. The fraction of sp³-hybridized carbons (Fsp3) is 0.588. The van der Waals surface area contributed by atoms with Crippen LogP contribution in [0.3, 0.4) is 0 Å². The number of nitrogens with one attached hydrogen (secondary N) is 1. The van der Waals surface area contributed by atoms with E-state index in [0.717, 1.165) is 19.3 Å². The van der Waals surface area contributed by atoms with Crippen molar-refractivity contribution in [1.29, 1.82) is 0 Å². The molecule has 0 spiro atoms. The highest BCUT2D eigenvalue weighted by Crippen LogP contribution is 2.18. The summed E-state index contributed by atoms with van der Waals surface area (Å²) in [7, 11) is 0. The molecule has 1 fully saturated rings. The average molecular weight is 259 g/mol. The minimum Gasteiger partial charge on any atom is -0.353 e. The van der Waals surface area contributed by atoms with E-state index in [1.54, 1.807) is 0 Å². The first-order valence-electron chi connectivity index (χ1n) is 7.53. The standard InChI is InChI=1S/C17H25NO/c1-13(2)15-10-7-14(8-11-15)9-12-17(19)18-16-5-3-4-6-16/h7-8,10-11,13,16H,3-6,9,12H2,1-2H3,(H,18,19). The van der Waals surface area contributed by atoms with Gasteiger partial charge in [0.1, 0.15) is 0 Å². The highest BCUT2D eigenvalue weighted by atomic mass is 16.1. The van der Waals surface area contributed by atoms with Gasteiger partial charge in [-0.15, -0.1) is 0 Å². The van der Waals surface area contributed by atoms with Gasteiger partial charge in [0.05, 0.1) is 0 Å². The van der Waals surface area contributed by atoms with Crippen LogP contribution in [0.5, 0.6) is 0 Å². The van der Waals surface area contributed by atoms with Crippen molar-refractivity contribution in [3.05, 3.63) is 35.4 Å². The van der Waals surface area contributed by atoms with Gasteiger partial charge >= 0.3 is 0 Å². The Labute approximate surface area is 116 Å². The van der Waals surface area contributed by atoms with Crippen molar-refractivity contribution < 1.29 is 4.79 Å². The van der Waals surface area contributed by atoms with Crippen LogP contribution in [0.4, 0.5) is 0 Å². The number of hydrogen-bond donors (Lipinski definition) is 1. The topological polar surface area (TPSA) is 29.1 Å². The van der Waals surface area contributed by atoms with E-state index in [1.165, 1.54) is 24.0 Å². The van der Waals surface area contributed by atoms with Gasteiger partial charge in [0.25, 0.3) is 0 Å². The van der Waals surface area contributed by atoms with Crippen LogP contribution in [0.1, 0.15) is 63.0 Å². The number of carbonyl (C=O) groups excluding carboxylic acids is 1. The lowest BCUT2D eigenvalue weighted by Gasteiger charge is -2.12. The predicted molar refractivity (Wildman–Crippen MR) is 79.3 cm³/mol. The Morgan fingerprint density at radius 3 is 2.42 bits per heavy atom. The van der Waals surface area contributed by atoms with E-state index in [9.17, 15) is 4.79 Å². The Morgan fingerprint density at radius 2 is 1.84 bits per heavy atom. The summed E-state index contributed by atoms with van der Waals surface area (Å²) in [6.45, 7) is 4.40. The molecule has 1 aromatic rings. The van der Waals surface area contributed by atoms with Gasteiger partial charge in [-0.05, 0) is 36.3 Å². The minimum atomic E-state index is 0.208. The molecule has 0 heterocycles. The van der Waals surface area contributed by atoms with E-state index in [0.29, 0.717) is 18.4 Å². The molecule has 2 nitrogen and oxygen atoms in total. The third-order valence-corrected chi connectivity index (χ3v) is 4.01. The molecule has 1 saturated carbocycles. The summed E-state index contributed by atoms with van der Waals surface area (Å²) in [5, 5.41) is 3.14. The average Bonchev–Trinajstić information content (AvgIpc) is 2.89. The molecule has 0 saturated heterocycles. The molecule has 1 aromatic carbocycles. The van der Waals surface area contributed by atoms with E-state index >= 15 is 0 Å². The number of hydrogen-bond acceptors (Lipinski definition) is 1. The molecule has 0 radical (unpaired) electrons. The van der Waals surface area contributed by atoms with Crippen molar-refractivity contribution in [2.75, 3.05) is 0 Å². The fourth-order valence-corrected chi connectivity index (χ4v) is 2.70. The SMILES string of the molecule is CC(C)c1ccc(CCC(=O)NC2CCCC2)cc1. The van der Waals surface area contributed by atoms with Crippen LogP contribution in [-0.2, 0) is 11.2 Å². The van der Waals surface area contributed by atoms with Gasteiger partial charge in [-0.25, -0.2) is 0 Å². The van der Waals surface area contributed by atoms with Crippen LogP contribution in [0.2, 0.25) is 0 Å². The van der Waals surface area contributed by atoms with Crippen molar-refractivity contribution in [2.24, 2.45) is 0 Å². The molecule has 104 valence electrons. The molecule has 1 N–H and O–H groups in total. The lowest BCUT2D eigenvalue weighted by atomic mass is 10.0. The summed E-state index contributed by atoms with van der Waals surface area (Å²) in [5.74, 6) is 0.777. The fourth-order valence-electron chi connectivity index (χ4n) is 2.70. The summed E-state index contributed by atoms with van der Waals surface area (Å²) >= 11 is 0. The third kappa shape index (κ3) is 4.38. The maximum atomic E-state index is 11.8. The molecule has 1 aliphatic rings. The zero-order chi connectivity index (χ0) is 13.7. The van der Waals surface area contributed by atoms with Gasteiger partial charge in [0, 0.05) is 12.5 Å². The zero-order valence-electron chi connectivity index (χ0n) is 12.1. The zero-order valence-corrected chi connectivity index (χ0v) is 12.1. The van der Waals surface area contributed by atoms with Crippen molar-refractivity contribution in [3.8, 4) is 0 Å². The maximum absolute atomic E-state index is 11.8. The number of rotatable bonds is 5. The molecule has 19 heavy (non-hydrogen) atoms. The van der Waals surface area contributed by atoms with Crippen molar-refractivity contribution in [2.45, 2.75) is 64.3 Å². The Hall–Kier alpha value is -1.31. The summed E-state index contributed by atoms with van der Waals surface area (Å²) < 4.78 is 0. The van der Waals surface area contributed by atoms with Crippen molar-refractivity contribution in [3.63, 3.8) is 0 Å². The van der Waals surface area contributed by atoms with Crippen LogP contribution in [-0.4, -0.2) is 11.9 Å². The van der Waals surface area contributed by atoms with E-state index in [1.807, 2.05) is 0 Å². The van der Waals surface area contributed by atoms with Gasteiger partial charge in [0.15, 0.2) is 0 Å². The first-order valence-corrected chi connectivity index (χ1v) is 7.53. The molecule has 0 aliphatic heterocycles. The van der Waals surface area contributed by atoms with Gasteiger partial charge in [-0.2, -0.15) is 0 Å². The van der Waals surface area contributed by atoms with Gasteiger partial charge in [-0.3, -0.25) is 4.79 Å². The van der Waals surface area contributed by atoms with Gasteiger partial charge in [0.2, 0.25) is 5.91 Å². The first kappa shape index (κ1) is 14.1. The van der Waals surface area contributed by atoms with E-state index in [4.69, 9.17) is 0 Å². The molecular weight excluding hydrogens is 234 g/mol. The second-order valence-corrected chi connectivity index (χ2v) is 5.95.